The van der Waals surface area contributed by atoms with Gasteiger partial charge in [-0.2, -0.15) is 4.98 Å². The summed E-state index contributed by atoms with van der Waals surface area (Å²) in [5.41, 5.74) is 4.73. The first-order chi connectivity index (χ1) is 10.3. The molecule has 1 amide bonds. The highest BCUT2D eigenvalue weighted by Gasteiger charge is 2.19. The van der Waals surface area contributed by atoms with Gasteiger partial charge in [-0.1, -0.05) is 6.07 Å². The van der Waals surface area contributed by atoms with Gasteiger partial charge in [-0.05, 0) is 29.3 Å². The van der Waals surface area contributed by atoms with E-state index >= 15 is 0 Å². The number of rotatable bonds is 2. The number of fused-ring (bicyclic) bond motifs is 2. The second kappa shape index (κ2) is 4.34. The van der Waals surface area contributed by atoms with Gasteiger partial charge >= 0.3 is 0 Å². The number of H-pyrrole nitrogens is 1. The molecule has 1 aromatic carbocycles. The molecule has 0 aliphatic carbocycles. The van der Waals surface area contributed by atoms with E-state index in [1.54, 1.807) is 7.11 Å². The van der Waals surface area contributed by atoms with Crippen LogP contribution in [0, 0.1) is 0 Å². The molecule has 0 saturated heterocycles. The maximum Gasteiger partial charge on any atom is 0.251 e. The molecule has 0 saturated carbocycles. The van der Waals surface area contributed by atoms with Gasteiger partial charge < -0.3 is 15.0 Å². The molecule has 0 radical (unpaired) electrons. The van der Waals surface area contributed by atoms with E-state index in [0.717, 1.165) is 33.3 Å². The highest BCUT2D eigenvalue weighted by molar-refractivity contribution is 6.00. The van der Waals surface area contributed by atoms with Gasteiger partial charge in [-0.25, -0.2) is 0 Å². The number of nitrogens with one attached hydrogen (secondary N) is 2. The van der Waals surface area contributed by atoms with Gasteiger partial charge in [0, 0.05) is 35.3 Å². The first-order valence-corrected chi connectivity index (χ1v) is 6.70. The lowest BCUT2D eigenvalue weighted by atomic mass is 10.0. The Morgan fingerprint density at radius 3 is 2.95 bits per heavy atom. The van der Waals surface area contributed by atoms with E-state index in [0.29, 0.717) is 12.4 Å². The van der Waals surface area contributed by atoms with E-state index in [2.05, 4.69) is 21.4 Å². The van der Waals surface area contributed by atoms with Crippen LogP contribution in [0.1, 0.15) is 15.9 Å². The van der Waals surface area contributed by atoms with Crippen molar-refractivity contribution >= 4 is 16.9 Å². The zero-order valence-corrected chi connectivity index (χ0v) is 11.4. The number of methoxy groups -OCH3 is 1. The molecule has 0 fully saturated rings. The minimum Gasteiger partial charge on any atom is -0.481 e. The summed E-state index contributed by atoms with van der Waals surface area (Å²) in [6.45, 7) is 0.594. The van der Waals surface area contributed by atoms with Gasteiger partial charge in [0.1, 0.15) is 5.65 Å². The number of pyridine rings is 1. The second-order valence-electron chi connectivity index (χ2n) is 5.01. The Labute approximate surface area is 121 Å². The summed E-state index contributed by atoms with van der Waals surface area (Å²) >= 11 is 0. The minimum absolute atomic E-state index is 0.00174. The third-order valence-corrected chi connectivity index (χ3v) is 3.82. The fourth-order valence-electron chi connectivity index (χ4n) is 2.74. The molecule has 104 valence electrons. The van der Waals surface area contributed by atoms with Crippen LogP contribution >= 0.6 is 0 Å². The zero-order chi connectivity index (χ0) is 14.4. The number of benzene rings is 1. The van der Waals surface area contributed by atoms with Gasteiger partial charge in [0.15, 0.2) is 0 Å². The summed E-state index contributed by atoms with van der Waals surface area (Å²) in [5.74, 6) is 0.585. The van der Waals surface area contributed by atoms with Gasteiger partial charge in [-0.15, -0.1) is 0 Å². The molecular weight excluding hydrogens is 266 g/mol. The van der Waals surface area contributed by atoms with Crippen molar-refractivity contribution in [3.8, 4) is 17.0 Å². The highest BCUT2D eigenvalue weighted by atomic mass is 16.5. The molecule has 5 nitrogen and oxygen atoms in total. The number of carbonyl (C=O) groups excluding carboxylic acids is 1. The van der Waals surface area contributed by atoms with Crippen molar-refractivity contribution in [1.82, 2.24) is 15.3 Å². The number of amides is 1. The first kappa shape index (κ1) is 12.0. The van der Waals surface area contributed by atoms with Crippen molar-refractivity contribution in [2.24, 2.45) is 0 Å². The van der Waals surface area contributed by atoms with Crippen molar-refractivity contribution in [3.63, 3.8) is 0 Å². The van der Waals surface area contributed by atoms with Crippen LogP contribution in [-0.4, -0.2) is 23.0 Å². The summed E-state index contributed by atoms with van der Waals surface area (Å²) in [4.78, 5) is 19.1. The van der Waals surface area contributed by atoms with Crippen LogP contribution in [0.2, 0.25) is 0 Å². The summed E-state index contributed by atoms with van der Waals surface area (Å²) < 4.78 is 5.13. The van der Waals surface area contributed by atoms with E-state index in [1.165, 1.54) is 0 Å². The lowest BCUT2D eigenvalue weighted by molar-refractivity contribution is 0.0966. The summed E-state index contributed by atoms with van der Waals surface area (Å²) in [6, 6.07) is 9.74. The number of hydrogen-bond donors (Lipinski definition) is 2. The number of ether oxygens (including phenoxy) is 1. The number of aromatic amines is 1. The Hall–Kier alpha value is -2.82. The van der Waals surface area contributed by atoms with Crippen LogP contribution in [0.25, 0.3) is 22.2 Å². The molecule has 0 spiro atoms. The molecule has 2 aromatic heterocycles. The van der Waals surface area contributed by atoms with Crippen molar-refractivity contribution in [2.45, 2.75) is 6.54 Å². The smallest absolute Gasteiger partial charge is 0.251 e. The van der Waals surface area contributed by atoms with Crippen LogP contribution < -0.4 is 10.1 Å². The van der Waals surface area contributed by atoms with Crippen molar-refractivity contribution in [1.29, 1.82) is 0 Å². The summed E-state index contributed by atoms with van der Waals surface area (Å²) in [7, 11) is 1.60. The predicted octanol–water partition coefficient (Wildman–Crippen LogP) is 2.48. The first-order valence-electron chi connectivity index (χ1n) is 6.70. The third-order valence-electron chi connectivity index (χ3n) is 3.82. The monoisotopic (exact) mass is 279 g/mol. The van der Waals surface area contributed by atoms with Gasteiger partial charge in [0.25, 0.3) is 5.91 Å². The fraction of sp³-hybridized carbons (Fsp3) is 0.125. The number of aromatic nitrogens is 2. The minimum atomic E-state index is 0.00174. The molecule has 0 bridgehead atoms. The fourth-order valence-corrected chi connectivity index (χ4v) is 2.74. The molecule has 0 unspecified atom stereocenters. The summed E-state index contributed by atoms with van der Waals surface area (Å²) in [5, 5.41) is 3.87. The molecule has 21 heavy (non-hydrogen) atoms. The number of carbonyl (C=O) groups is 1. The Morgan fingerprint density at radius 1 is 1.19 bits per heavy atom. The Balaban J connectivity index is 1.85. The molecular formula is C16H13N3O2. The second-order valence-corrected chi connectivity index (χ2v) is 5.01. The molecule has 0 atom stereocenters. The average molecular weight is 279 g/mol. The SMILES string of the molecule is COc1ccc2c(-c3ccc4c(c3)CNC4=O)c[nH]c2n1. The van der Waals surface area contributed by atoms with E-state index < -0.39 is 0 Å². The summed E-state index contributed by atoms with van der Waals surface area (Å²) in [6.07, 6.45) is 1.93. The Morgan fingerprint density at radius 2 is 2.10 bits per heavy atom. The van der Waals surface area contributed by atoms with Crippen molar-refractivity contribution in [2.75, 3.05) is 7.11 Å². The van der Waals surface area contributed by atoms with Gasteiger partial charge in [0.05, 0.1) is 7.11 Å². The average Bonchev–Trinajstić information content (AvgIpc) is 3.10. The van der Waals surface area contributed by atoms with E-state index in [4.69, 9.17) is 4.74 Å². The molecule has 1 aliphatic heterocycles. The van der Waals surface area contributed by atoms with Gasteiger partial charge in [0.2, 0.25) is 5.88 Å². The standard InChI is InChI=1S/C16H13N3O2/c1-21-14-5-4-12-13(8-17-15(12)19-14)9-2-3-11-10(6-9)7-18-16(11)20/h2-6,8H,7H2,1H3,(H,17,19)(H,18,20). The number of nitrogens with zero attached hydrogens (tertiary/aromatic N) is 1. The largest absolute Gasteiger partial charge is 0.481 e. The Bertz CT molecular complexity index is 867. The topological polar surface area (TPSA) is 67.0 Å². The van der Waals surface area contributed by atoms with Crippen LogP contribution in [-0.2, 0) is 6.54 Å². The maximum atomic E-state index is 11.6. The molecule has 1 aliphatic rings. The van der Waals surface area contributed by atoms with E-state index in [9.17, 15) is 4.79 Å². The van der Waals surface area contributed by atoms with Gasteiger partial charge in [-0.3, -0.25) is 4.79 Å². The molecule has 3 aromatic rings. The van der Waals surface area contributed by atoms with Crippen LogP contribution in [0.15, 0.2) is 36.5 Å². The molecule has 3 heterocycles. The third kappa shape index (κ3) is 1.78. The Kier molecular flexibility index (Phi) is 2.47. The van der Waals surface area contributed by atoms with Crippen LogP contribution in [0.4, 0.5) is 0 Å². The van der Waals surface area contributed by atoms with E-state index in [-0.39, 0.29) is 5.91 Å². The highest BCUT2D eigenvalue weighted by Crippen LogP contribution is 2.31. The van der Waals surface area contributed by atoms with Crippen LogP contribution in [0.5, 0.6) is 5.88 Å². The predicted molar refractivity (Wildman–Crippen MR) is 79.3 cm³/mol. The maximum absolute atomic E-state index is 11.6. The van der Waals surface area contributed by atoms with Crippen molar-refractivity contribution < 1.29 is 9.53 Å². The lowest BCUT2D eigenvalue weighted by Gasteiger charge is -2.03. The normalized spacial score (nSPS) is 13.3. The molecule has 4 rings (SSSR count). The molecule has 5 heteroatoms. The quantitative estimate of drug-likeness (QED) is 0.757. The lowest BCUT2D eigenvalue weighted by Crippen LogP contribution is -2.12. The van der Waals surface area contributed by atoms with E-state index in [1.807, 2.05) is 30.5 Å². The number of hydrogen-bond acceptors (Lipinski definition) is 3. The zero-order valence-electron chi connectivity index (χ0n) is 11.4. The van der Waals surface area contributed by atoms with Crippen molar-refractivity contribution in [3.05, 3.63) is 47.7 Å². The van der Waals surface area contributed by atoms with Crippen LogP contribution in [0.3, 0.4) is 0 Å². The molecule has 2 N–H and O–H groups in total.